The maximum absolute atomic E-state index is 12.2. The second-order valence-electron chi connectivity index (χ2n) is 5.03. The lowest BCUT2D eigenvalue weighted by molar-refractivity contribution is -0.510. The first-order valence-corrected chi connectivity index (χ1v) is 9.03. The van der Waals surface area contributed by atoms with Gasteiger partial charge >= 0.3 is 12.0 Å². The Morgan fingerprint density at radius 2 is 1.64 bits per heavy atom. The van der Waals surface area contributed by atoms with Crippen LogP contribution in [0.5, 0.6) is 0 Å². The van der Waals surface area contributed by atoms with E-state index in [2.05, 4.69) is 0 Å². The molecule has 0 amide bonds. The average molecular weight is 400 g/mol. The first kappa shape index (κ1) is 19.6. The van der Waals surface area contributed by atoms with E-state index in [-0.39, 0.29) is 6.61 Å². The van der Waals surface area contributed by atoms with E-state index in [4.69, 9.17) is 27.9 Å². The smallest absolute Gasteiger partial charge is 0.383 e. The first-order valence-electron chi connectivity index (χ1n) is 7.40. The molecule has 0 radical (unpaired) electrons. The summed E-state index contributed by atoms with van der Waals surface area (Å²) in [7, 11) is 0. The van der Waals surface area contributed by atoms with Crippen LogP contribution >= 0.6 is 35.0 Å². The Morgan fingerprint density at radius 1 is 1.12 bits per heavy atom. The van der Waals surface area contributed by atoms with E-state index in [1.807, 2.05) is 0 Å². The van der Waals surface area contributed by atoms with Crippen molar-refractivity contribution in [3.8, 4) is 0 Å². The summed E-state index contributed by atoms with van der Waals surface area (Å²) in [5.41, 5.74) is 0.610. The topological polar surface area (TPSA) is 69.4 Å². The first-order chi connectivity index (χ1) is 11.9. The molecule has 8 heteroatoms. The number of nitrogens with zero attached hydrogens (tertiary/aromatic N) is 1. The maximum atomic E-state index is 12.2. The fourth-order valence-corrected chi connectivity index (χ4v) is 3.65. The minimum absolute atomic E-state index is 0.0716. The SMILES string of the molecule is CCOC(=O)C(C(Sc1ccc(Cl)cc1)c1ccc(Cl)cc1)[N+](=O)[O-]. The van der Waals surface area contributed by atoms with Gasteiger partial charge in [0.25, 0.3) is 0 Å². The van der Waals surface area contributed by atoms with Crippen LogP contribution < -0.4 is 0 Å². The fourth-order valence-electron chi connectivity index (χ4n) is 2.17. The molecule has 2 aromatic rings. The Hall–Kier alpha value is -1.76. The van der Waals surface area contributed by atoms with Crippen LogP contribution in [0, 0.1) is 10.1 Å². The minimum atomic E-state index is -1.54. The predicted molar refractivity (Wildman–Crippen MR) is 98.9 cm³/mol. The molecule has 25 heavy (non-hydrogen) atoms. The number of halogens is 2. The molecule has 0 N–H and O–H groups in total. The van der Waals surface area contributed by atoms with Crippen molar-refractivity contribution in [2.45, 2.75) is 23.1 Å². The van der Waals surface area contributed by atoms with Crippen LogP contribution in [0.3, 0.4) is 0 Å². The number of nitro groups is 1. The molecule has 0 aliphatic rings. The molecule has 0 aromatic heterocycles. The summed E-state index contributed by atoms with van der Waals surface area (Å²) in [6, 6.07) is 11.9. The zero-order valence-electron chi connectivity index (χ0n) is 13.2. The number of benzene rings is 2. The van der Waals surface area contributed by atoms with Gasteiger partial charge in [-0.2, -0.15) is 0 Å². The van der Waals surface area contributed by atoms with Gasteiger partial charge in [0.15, 0.2) is 0 Å². The number of thioether (sulfide) groups is 1. The van der Waals surface area contributed by atoms with Crippen LogP contribution in [0.25, 0.3) is 0 Å². The molecule has 2 aromatic carbocycles. The van der Waals surface area contributed by atoms with E-state index in [1.165, 1.54) is 11.8 Å². The third kappa shape index (κ3) is 5.36. The summed E-state index contributed by atoms with van der Waals surface area (Å²) >= 11 is 13.0. The highest BCUT2D eigenvalue weighted by atomic mass is 35.5. The van der Waals surface area contributed by atoms with Crippen molar-refractivity contribution in [2.75, 3.05) is 6.61 Å². The molecule has 0 bridgehead atoms. The number of carbonyl (C=O) groups is 1. The van der Waals surface area contributed by atoms with Gasteiger partial charge in [0.1, 0.15) is 5.25 Å². The van der Waals surface area contributed by atoms with Gasteiger partial charge < -0.3 is 4.74 Å². The largest absolute Gasteiger partial charge is 0.461 e. The summed E-state index contributed by atoms with van der Waals surface area (Å²) in [4.78, 5) is 23.9. The van der Waals surface area contributed by atoms with Gasteiger partial charge in [-0.15, -0.1) is 11.8 Å². The highest BCUT2D eigenvalue weighted by Crippen LogP contribution is 2.40. The van der Waals surface area contributed by atoms with Crippen molar-refractivity contribution in [2.24, 2.45) is 0 Å². The summed E-state index contributed by atoms with van der Waals surface area (Å²) < 4.78 is 4.91. The average Bonchev–Trinajstić information content (AvgIpc) is 2.57. The number of hydrogen-bond donors (Lipinski definition) is 0. The highest BCUT2D eigenvalue weighted by molar-refractivity contribution is 7.99. The van der Waals surface area contributed by atoms with Crippen LogP contribution in [0.1, 0.15) is 17.7 Å². The minimum Gasteiger partial charge on any atom is -0.461 e. The van der Waals surface area contributed by atoms with Gasteiger partial charge in [-0.3, -0.25) is 10.1 Å². The molecule has 2 rings (SSSR count). The third-order valence-electron chi connectivity index (χ3n) is 3.32. The molecule has 2 unspecified atom stereocenters. The van der Waals surface area contributed by atoms with Crippen molar-refractivity contribution >= 4 is 40.9 Å². The molecular formula is C17H15Cl2NO4S. The quantitative estimate of drug-likeness (QED) is 0.282. The normalized spacial score (nSPS) is 13.1. The molecule has 0 fully saturated rings. The Labute approximate surface area is 159 Å². The molecular weight excluding hydrogens is 385 g/mol. The van der Waals surface area contributed by atoms with Gasteiger partial charge in [-0.25, -0.2) is 4.79 Å². The van der Waals surface area contributed by atoms with Crippen LogP contribution in [-0.2, 0) is 9.53 Å². The third-order valence-corrected chi connectivity index (χ3v) is 5.15. The zero-order valence-corrected chi connectivity index (χ0v) is 15.6. The molecule has 0 spiro atoms. The van der Waals surface area contributed by atoms with E-state index < -0.39 is 22.2 Å². The fraction of sp³-hybridized carbons (Fsp3) is 0.235. The number of ether oxygens (including phenoxy) is 1. The highest BCUT2D eigenvalue weighted by Gasteiger charge is 2.41. The van der Waals surface area contributed by atoms with E-state index in [0.29, 0.717) is 15.6 Å². The molecule has 0 heterocycles. The predicted octanol–water partition coefficient (Wildman–Crippen LogP) is 5.04. The van der Waals surface area contributed by atoms with E-state index in [9.17, 15) is 14.9 Å². The van der Waals surface area contributed by atoms with Gasteiger partial charge in [0.05, 0.1) is 6.61 Å². The van der Waals surface area contributed by atoms with E-state index in [1.54, 1.807) is 55.5 Å². The Balaban J connectivity index is 2.42. The van der Waals surface area contributed by atoms with Gasteiger partial charge in [-0.05, 0) is 48.9 Å². The molecule has 0 aliphatic heterocycles. The zero-order chi connectivity index (χ0) is 18.4. The maximum Gasteiger partial charge on any atom is 0.383 e. The van der Waals surface area contributed by atoms with Crippen LogP contribution in [0.2, 0.25) is 10.0 Å². The molecule has 2 atom stereocenters. The molecule has 0 saturated heterocycles. The van der Waals surface area contributed by atoms with Gasteiger partial charge in [0, 0.05) is 19.9 Å². The second kappa shape index (κ2) is 9.08. The van der Waals surface area contributed by atoms with Crippen LogP contribution in [0.15, 0.2) is 53.4 Å². The van der Waals surface area contributed by atoms with Crippen molar-refractivity contribution in [1.29, 1.82) is 0 Å². The summed E-state index contributed by atoms with van der Waals surface area (Å²) in [5.74, 6) is -0.867. The lowest BCUT2D eigenvalue weighted by Gasteiger charge is -2.20. The monoisotopic (exact) mass is 399 g/mol. The number of rotatable bonds is 7. The van der Waals surface area contributed by atoms with Crippen LogP contribution in [0.4, 0.5) is 0 Å². The molecule has 0 aliphatic carbocycles. The number of hydrogen-bond acceptors (Lipinski definition) is 5. The second-order valence-corrected chi connectivity index (χ2v) is 7.11. The van der Waals surface area contributed by atoms with Gasteiger partial charge in [-0.1, -0.05) is 35.3 Å². The summed E-state index contributed by atoms with van der Waals surface area (Å²) in [5, 5.41) is 11.9. The Morgan fingerprint density at radius 3 is 2.12 bits per heavy atom. The van der Waals surface area contributed by atoms with E-state index >= 15 is 0 Å². The van der Waals surface area contributed by atoms with Gasteiger partial charge in [0.2, 0.25) is 0 Å². The Bertz CT molecular complexity index is 737. The van der Waals surface area contributed by atoms with Crippen molar-refractivity contribution in [3.63, 3.8) is 0 Å². The van der Waals surface area contributed by atoms with Crippen molar-refractivity contribution in [3.05, 3.63) is 74.3 Å². The molecule has 132 valence electrons. The van der Waals surface area contributed by atoms with E-state index in [0.717, 1.165) is 4.90 Å². The number of esters is 1. The summed E-state index contributed by atoms with van der Waals surface area (Å²) in [6.07, 6.45) is 0. The number of carbonyl (C=O) groups excluding carboxylic acids is 1. The van der Waals surface area contributed by atoms with Crippen molar-refractivity contribution in [1.82, 2.24) is 0 Å². The lowest BCUT2D eigenvalue weighted by Crippen LogP contribution is -2.36. The van der Waals surface area contributed by atoms with Crippen molar-refractivity contribution < 1.29 is 14.5 Å². The Kier molecular flexibility index (Phi) is 7.11. The van der Waals surface area contributed by atoms with Crippen LogP contribution in [-0.4, -0.2) is 23.5 Å². The standard InChI is InChI=1S/C17H15Cl2NO4S/c1-2-24-17(21)15(20(22)23)16(11-3-5-12(18)6-4-11)25-14-9-7-13(19)8-10-14/h3-10,15-16H,2H2,1H3. The molecule has 5 nitrogen and oxygen atoms in total. The summed E-state index contributed by atoms with van der Waals surface area (Å²) in [6.45, 7) is 1.68. The lowest BCUT2D eigenvalue weighted by atomic mass is 10.1. The molecule has 0 saturated carbocycles.